The Bertz CT molecular complexity index is 581. The summed E-state index contributed by atoms with van der Waals surface area (Å²) in [5.41, 5.74) is 11.7. The van der Waals surface area contributed by atoms with Crippen molar-refractivity contribution in [2.24, 2.45) is 26.4 Å². The van der Waals surface area contributed by atoms with Gasteiger partial charge in [-0.15, -0.1) is 0 Å². The van der Waals surface area contributed by atoms with Crippen LogP contribution in [0.1, 0.15) is 0 Å². The first kappa shape index (κ1) is 10.8. The van der Waals surface area contributed by atoms with Crippen molar-refractivity contribution in [3.05, 3.63) is 11.1 Å². The average Bonchev–Trinajstić information content (AvgIpc) is 3.08. The first-order chi connectivity index (χ1) is 8.58. The van der Waals surface area contributed by atoms with Gasteiger partial charge in [-0.3, -0.25) is 9.59 Å². The molecule has 0 bridgehead atoms. The highest BCUT2D eigenvalue weighted by molar-refractivity contribution is 6.35. The highest BCUT2D eigenvalue weighted by Crippen LogP contribution is 2.22. The van der Waals surface area contributed by atoms with Crippen molar-refractivity contribution >= 4 is 29.8 Å². The number of rotatable bonds is 2. The number of hydrogen-bond donors (Lipinski definition) is 2. The summed E-state index contributed by atoms with van der Waals surface area (Å²) < 4.78 is 0. The van der Waals surface area contributed by atoms with E-state index in [2.05, 4.69) is 15.0 Å². The van der Waals surface area contributed by atoms with Crippen LogP contribution in [0.3, 0.4) is 0 Å². The van der Waals surface area contributed by atoms with Gasteiger partial charge in [0.2, 0.25) is 11.9 Å². The second-order valence-corrected chi connectivity index (χ2v) is 4.10. The van der Waals surface area contributed by atoms with Crippen LogP contribution in [0.4, 0.5) is 0 Å². The van der Waals surface area contributed by atoms with Crippen LogP contribution in [0.2, 0.25) is 0 Å². The molecule has 1 saturated heterocycles. The van der Waals surface area contributed by atoms with E-state index >= 15 is 0 Å². The van der Waals surface area contributed by atoms with E-state index in [4.69, 9.17) is 11.5 Å². The number of amides is 2. The van der Waals surface area contributed by atoms with Gasteiger partial charge in [0.25, 0.3) is 5.91 Å². The largest absolute Gasteiger partial charge is 0.368 e. The van der Waals surface area contributed by atoms with E-state index < -0.39 is 11.9 Å². The fourth-order valence-electron chi connectivity index (χ4n) is 1.82. The number of nitrogens with zero attached hydrogens (tertiary/aromatic N) is 4. The smallest absolute Gasteiger partial charge is 0.284 e. The maximum absolute atomic E-state index is 11.8. The lowest BCUT2D eigenvalue weighted by atomic mass is 10.0. The Morgan fingerprint density at radius 3 is 2.78 bits per heavy atom. The van der Waals surface area contributed by atoms with Gasteiger partial charge >= 0.3 is 0 Å². The predicted octanol–water partition coefficient (Wildman–Crippen LogP) is -2.21. The summed E-state index contributed by atoms with van der Waals surface area (Å²) in [5.74, 6) is -0.737. The normalized spacial score (nSPS) is 22.7. The van der Waals surface area contributed by atoms with Crippen LogP contribution in [-0.4, -0.2) is 53.9 Å². The molecule has 1 fully saturated rings. The highest BCUT2D eigenvalue weighted by atomic mass is 16.2. The van der Waals surface area contributed by atoms with Crippen molar-refractivity contribution in [1.82, 2.24) is 4.90 Å². The third-order valence-electron chi connectivity index (χ3n) is 2.85. The molecule has 0 spiro atoms. The van der Waals surface area contributed by atoms with Crippen LogP contribution in [0.25, 0.3) is 0 Å². The standard InChI is InChI=1S/C10H10N6O2/c11-6(9(18)16-1-2-16)4-3-13-7-5(4)8(17)15-10(12)14-7/h3,6H,1-2,11H2,(H2,12,15,17). The minimum atomic E-state index is -0.905. The number of hydrogen-bond acceptors (Lipinski definition) is 6. The van der Waals surface area contributed by atoms with Crippen molar-refractivity contribution in [2.45, 2.75) is 6.04 Å². The molecule has 0 radical (unpaired) electrons. The molecule has 1 unspecified atom stereocenters. The topological polar surface area (TPSA) is 126 Å². The number of fused-ring (bicyclic) bond motifs is 1. The Morgan fingerprint density at radius 1 is 1.39 bits per heavy atom. The van der Waals surface area contributed by atoms with E-state index in [0.717, 1.165) is 0 Å². The van der Waals surface area contributed by atoms with Crippen molar-refractivity contribution < 1.29 is 9.59 Å². The molecule has 3 heterocycles. The Hall–Kier alpha value is -2.35. The van der Waals surface area contributed by atoms with Crippen LogP contribution in [-0.2, 0) is 9.59 Å². The van der Waals surface area contributed by atoms with Gasteiger partial charge in [-0.2, -0.15) is 9.98 Å². The molecule has 1 atom stereocenters. The quantitative estimate of drug-likeness (QED) is 0.535. The van der Waals surface area contributed by atoms with Crippen LogP contribution in [0.5, 0.6) is 0 Å². The maximum Gasteiger partial charge on any atom is 0.284 e. The van der Waals surface area contributed by atoms with Gasteiger partial charge in [0.15, 0.2) is 5.84 Å². The summed E-state index contributed by atoms with van der Waals surface area (Å²) in [6, 6.07) is -0.905. The molecule has 0 aromatic carbocycles. The molecule has 4 N–H and O–H groups in total. The SMILES string of the molecule is NC1=NC(=O)C2=C(C(N)C(=O)N3CC3)C=NC2=N1. The van der Waals surface area contributed by atoms with Crippen LogP contribution >= 0.6 is 0 Å². The Balaban J connectivity index is 1.98. The molecular weight excluding hydrogens is 236 g/mol. The van der Waals surface area contributed by atoms with E-state index in [1.165, 1.54) is 6.21 Å². The molecule has 2 amide bonds. The summed E-state index contributed by atoms with van der Waals surface area (Å²) in [5, 5.41) is 0. The summed E-state index contributed by atoms with van der Waals surface area (Å²) in [4.78, 5) is 36.5. The summed E-state index contributed by atoms with van der Waals surface area (Å²) in [7, 11) is 0. The highest BCUT2D eigenvalue weighted by Gasteiger charge is 2.36. The summed E-state index contributed by atoms with van der Waals surface area (Å²) >= 11 is 0. The van der Waals surface area contributed by atoms with Crippen LogP contribution < -0.4 is 11.5 Å². The van der Waals surface area contributed by atoms with Crippen molar-refractivity contribution in [2.75, 3.05) is 13.1 Å². The van der Waals surface area contributed by atoms with Crippen molar-refractivity contribution in [1.29, 1.82) is 0 Å². The van der Waals surface area contributed by atoms with Crippen molar-refractivity contribution in [3.8, 4) is 0 Å². The van der Waals surface area contributed by atoms with E-state index in [1.807, 2.05) is 0 Å². The van der Waals surface area contributed by atoms with Gasteiger partial charge < -0.3 is 16.4 Å². The van der Waals surface area contributed by atoms with E-state index in [-0.39, 0.29) is 23.3 Å². The molecular formula is C10H10N6O2. The summed E-state index contributed by atoms with van der Waals surface area (Å²) in [6.45, 7) is 1.40. The first-order valence-electron chi connectivity index (χ1n) is 5.38. The fraction of sp³-hybridized carbons (Fsp3) is 0.300. The molecule has 8 heteroatoms. The van der Waals surface area contributed by atoms with Gasteiger partial charge in [-0.05, 0) is 0 Å². The molecule has 3 rings (SSSR count). The van der Waals surface area contributed by atoms with Gasteiger partial charge in [0.1, 0.15) is 6.04 Å². The Labute approximate surface area is 102 Å². The molecule has 3 aliphatic heterocycles. The monoisotopic (exact) mass is 246 g/mol. The van der Waals surface area contributed by atoms with E-state index in [1.54, 1.807) is 4.90 Å². The predicted molar refractivity (Wildman–Crippen MR) is 64.1 cm³/mol. The third kappa shape index (κ3) is 1.54. The first-order valence-corrected chi connectivity index (χ1v) is 5.38. The van der Waals surface area contributed by atoms with Crippen LogP contribution in [0.15, 0.2) is 26.1 Å². The van der Waals surface area contributed by atoms with Gasteiger partial charge in [-0.25, -0.2) is 4.99 Å². The third-order valence-corrected chi connectivity index (χ3v) is 2.85. The maximum atomic E-state index is 11.8. The number of aliphatic imine (C=N–C) groups is 3. The van der Waals surface area contributed by atoms with Crippen molar-refractivity contribution in [3.63, 3.8) is 0 Å². The molecule has 0 saturated carbocycles. The molecule has 92 valence electrons. The zero-order valence-corrected chi connectivity index (χ0v) is 9.33. The van der Waals surface area contributed by atoms with Gasteiger partial charge in [0.05, 0.1) is 5.57 Å². The number of carbonyl (C=O) groups excluding carboxylic acids is 2. The molecule has 18 heavy (non-hydrogen) atoms. The number of nitrogens with two attached hydrogens (primary N) is 2. The molecule has 0 aromatic rings. The van der Waals surface area contributed by atoms with Crippen LogP contribution in [0, 0.1) is 0 Å². The minimum absolute atomic E-state index is 0.136. The Morgan fingerprint density at radius 2 is 2.11 bits per heavy atom. The minimum Gasteiger partial charge on any atom is -0.368 e. The molecule has 0 aromatic heterocycles. The Kier molecular flexibility index (Phi) is 2.14. The van der Waals surface area contributed by atoms with E-state index in [0.29, 0.717) is 18.7 Å². The zero-order chi connectivity index (χ0) is 12.9. The number of guanidine groups is 1. The molecule has 0 aliphatic carbocycles. The lowest BCUT2D eigenvalue weighted by Crippen LogP contribution is -2.38. The number of carbonyl (C=O) groups is 2. The second kappa shape index (κ2) is 3.57. The lowest BCUT2D eigenvalue weighted by molar-refractivity contribution is -0.126. The zero-order valence-electron chi connectivity index (χ0n) is 9.33. The van der Waals surface area contributed by atoms with E-state index in [9.17, 15) is 9.59 Å². The number of amidine groups is 1. The molecule has 3 aliphatic rings. The fourth-order valence-corrected chi connectivity index (χ4v) is 1.82. The average molecular weight is 246 g/mol. The molecule has 8 nitrogen and oxygen atoms in total. The summed E-state index contributed by atoms with van der Waals surface area (Å²) in [6.07, 6.45) is 1.38. The lowest BCUT2D eigenvalue weighted by Gasteiger charge is -2.13. The van der Waals surface area contributed by atoms with Gasteiger partial charge in [0, 0.05) is 24.9 Å². The second-order valence-electron chi connectivity index (χ2n) is 4.10. The van der Waals surface area contributed by atoms with Gasteiger partial charge in [-0.1, -0.05) is 0 Å².